The van der Waals surface area contributed by atoms with E-state index < -0.39 is 24.6 Å². The zero-order chi connectivity index (χ0) is 19.3. The van der Waals surface area contributed by atoms with Crippen LogP contribution in [0.5, 0.6) is 0 Å². The van der Waals surface area contributed by atoms with Crippen molar-refractivity contribution in [1.29, 1.82) is 0 Å². The molecule has 0 amide bonds. The average Bonchev–Trinajstić information content (AvgIpc) is 3.09. The zero-order valence-corrected chi connectivity index (χ0v) is 14.2. The minimum atomic E-state index is -4.84. The molecule has 27 heavy (non-hydrogen) atoms. The summed E-state index contributed by atoms with van der Waals surface area (Å²) in [6.45, 7) is 3.81. The van der Waals surface area contributed by atoms with E-state index in [1.54, 1.807) is 6.82 Å². The average molecular weight is 383 g/mol. The highest BCUT2D eigenvalue weighted by Gasteiger charge is 2.35. The Kier molecular flexibility index (Phi) is 4.15. The summed E-state index contributed by atoms with van der Waals surface area (Å²) in [6, 6.07) is 1.41. The molecule has 1 saturated heterocycles. The molecule has 1 aliphatic rings. The van der Waals surface area contributed by atoms with Gasteiger partial charge in [0, 0.05) is 32.2 Å². The molecule has 0 atom stereocenters. The van der Waals surface area contributed by atoms with Gasteiger partial charge in [-0.05, 0) is 23.3 Å². The van der Waals surface area contributed by atoms with Crippen LogP contribution in [0.4, 0.5) is 23.4 Å². The summed E-state index contributed by atoms with van der Waals surface area (Å²) in [7, 11) is -0.582. The molecule has 0 spiro atoms. The molecule has 4 rings (SSSR count). The van der Waals surface area contributed by atoms with E-state index >= 15 is 0 Å². The van der Waals surface area contributed by atoms with Gasteiger partial charge in [0.2, 0.25) is 5.65 Å². The largest absolute Gasteiger partial charge is 0.437 e. The first-order valence-corrected chi connectivity index (χ1v) is 8.21. The number of aromatic nitrogens is 5. The van der Waals surface area contributed by atoms with Crippen LogP contribution in [-0.4, -0.2) is 68.1 Å². The van der Waals surface area contributed by atoms with Gasteiger partial charge in [-0.3, -0.25) is 0 Å². The second-order valence-corrected chi connectivity index (χ2v) is 6.32. The number of hydrogen-bond donors (Lipinski definition) is 1. The van der Waals surface area contributed by atoms with Crippen LogP contribution >= 0.6 is 0 Å². The molecule has 1 fully saturated rings. The molecule has 3 aromatic rings. The van der Waals surface area contributed by atoms with Crippen molar-refractivity contribution in [3.05, 3.63) is 23.5 Å². The van der Waals surface area contributed by atoms with E-state index in [9.17, 15) is 22.6 Å². The predicted molar refractivity (Wildman–Crippen MR) is 88.7 cm³/mol. The number of fused-ring (bicyclic) bond motifs is 3. The van der Waals surface area contributed by atoms with Gasteiger partial charge in [0.25, 0.3) is 0 Å². The second kappa shape index (κ2) is 6.27. The first-order chi connectivity index (χ1) is 12.8. The Hall–Kier alpha value is -2.54. The van der Waals surface area contributed by atoms with Gasteiger partial charge in [0.1, 0.15) is 5.82 Å². The molecule has 2 aromatic heterocycles. The Labute approximate surface area is 150 Å². The molecule has 142 valence electrons. The quantitative estimate of drug-likeness (QED) is 0.524. The second-order valence-electron chi connectivity index (χ2n) is 6.32. The smallest absolute Gasteiger partial charge is 0.419 e. The van der Waals surface area contributed by atoms with Crippen LogP contribution in [0.25, 0.3) is 16.7 Å². The first-order valence-electron chi connectivity index (χ1n) is 8.21. The molecular formula is C14H14BF4N7O. The third kappa shape index (κ3) is 3.06. The maximum atomic E-state index is 14.0. The Balaban J connectivity index is 1.82. The van der Waals surface area contributed by atoms with Crippen molar-refractivity contribution in [3.8, 4) is 0 Å². The highest BCUT2D eigenvalue weighted by Crippen LogP contribution is 2.34. The Morgan fingerprint density at radius 1 is 1.15 bits per heavy atom. The summed E-state index contributed by atoms with van der Waals surface area (Å²) in [6.07, 6.45) is -4.84. The summed E-state index contributed by atoms with van der Waals surface area (Å²) in [5, 5.41) is 20.8. The van der Waals surface area contributed by atoms with Crippen LogP contribution in [0.1, 0.15) is 5.56 Å². The SMILES string of the molecule is CB(O)N1CCN(c2nc3cc(F)c(C(F)(F)F)cc3n3nnnc23)CC1. The number of anilines is 1. The van der Waals surface area contributed by atoms with Crippen LogP contribution in [0, 0.1) is 5.82 Å². The number of hydrogen-bond acceptors (Lipinski definition) is 7. The third-order valence-corrected chi connectivity index (χ3v) is 4.64. The van der Waals surface area contributed by atoms with Gasteiger partial charge in [0.05, 0.1) is 16.6 Å². The van der Waals surface area contributed by atoms with Crippen LogP contribution < -0.4 is 4.90 Å². The van der Waals surface area contributed by atoms with Gasteiger partial charge in [0.15, 0.2) is 5.82 Å². The van der Waals surface area contributed by atoms with E-state index in [1.807, 2.05) is 9.71 Å². The van der Waals surface area contributed by atoms with E-state index in [0.29, 0.717) is 38.1 Å². The fourth-order valence-corrected chi connectivity index (χ4v) is 3.20. The van der Waals surface area contributed by atoms with E-state index in [4.69, 9.17) is 0 Å². The van der Waals surface area contributed by atoms with Crippen molar-refractivity contribution < 1.29 is 22.6 Å². The summed E-state index contributed by atoms with van der Waals surface area (Å²) in [5.74, 6) is -1.04. The number of piperazine rings is 1. The molecule has 1 N–H and O–H groups in total. The number of halogens is 4. The van der Waals surface area contributed by atoms with Gasteiger partial charge in [-0.15, -0.1) is 5.10 Å². The molecule has 1 aromatic carbocycles. The molecule has 0 bridgehead atoms. The Morgan fingerprint density at radius 3 is 2.48 bits per heavy atom. The molecule has 3 heterocycles. The van der Waals surface area contributed by atoms with Crippen molar-refractivity contribution in [2.24, 2.45) is 0 Å². The van der Waals surface area contributed by atoms with Crippen molar-refractivity contribution in [1.82, 2.24) is 29.8 Å². The van der Waals surface area contributed by atoms with Crippen molar-refractivity contribution in [3.63, 3.8) is 0 Å². The van der Waals surface area contributed by atoms with Crippen molar-refractivity contribution in [2.45, 2.75) is 13.0 Å². The summed E-state index contributed by atoms with van der Waals surface area (Å²) < 4.78 is 54.2. The fraction of sp³-hybridized carbons (Fsp3) is 0.429. The monoisotopic (exact) mass is 383 g/mol. The Morgan fingerprint density at radius 2 is 1.85 bits per heavy atom. The highest BCUT2D eigenvalue weighted by molar-refractivity contribution is 6.45. The van der Waals surface area contributed by atoms with Crippen LogP contribution in [0.15, 0.2) is 12.1 Å². The zero-order valence-electron chi connectivity index (χ0n) is 14.2. The van der Waals surface area contributed by atoms with Crippen LogP contribution in [-0.2, 0) is 6.18 Å². The fourth-order valence-electron chi connectivity index (χ4n) is 3.20. The molecule has 0 unspecified atom stereocenters. The lowest BCUT2D eigenvalue weighted by Gasteiger charge is -2.35. The molecule has 0 radical (unpaired) electrons. The third-order valence-electron chi connectivity index (χ3n) is 4.64. The molecule has 1 aliphatic heterocycles. The number of alkyl halides is 3. The standard InChI is InChI=1S/C14H14BF4N7O/c1-15(27)25-4-2-24(3-5-25)12-13-21-22-23-26(13)11-6-8(14(17,18)19)9(16)7-10(11)20-12/h6-7,27H,2-5H2,1H3. The molecular weight excluding hydrogens is 369 g/mol. The topological polar surface area (TPSA) is 82.7 Å². The highest BCUT2D eigenvalue weighted by atomic mass is 19.4. The van der Waals surface area contributed by atoms with Crippen LogP contribution in [0.3, 0.4) is 0 Å². The van der Waals surface area contributed by atoms with Crippen LogP contribution in [0.2, 0.25) is 6.82 Å². The van der Waals surface area contributed by atoms with Gasteiger partial charge in [-0.1, -0.05) is 0 Å². The van der Waals surface area contributed by atoms with Gasteiger partial charge >= 0.3 is 13.2 Å². The maximum absolute atomic E-state index is 14.0. The van der Waals surface area contributed by atoms with E-state index in [2.05, 4.69) is 20.5 Å². The van der Waals surface area contributed by atoms with Crippen molar-refractivity contribution >= 4 is 29.5 Å². The van der Waals surface area contributed by atoms with Gasteiger partial charge < -0.3 is 14.7 Å². The lowest BCUT2D eigenvalue weighted by Crippen LogP contribution is -2.51. The number of nitrogens with zero attached hydrogens (tertiary/aromatic N) is 7. The number of benzene rings is 1. The Bertz CT molecular complexity index is 1000. The molecule has 13 heteroatoms. The summed E-state index contributed by atoms with van der Waals surface area (Å²) in [5.41, 5.74) is -1.22. The normalized spacial score (nSPS) is 16.4. The van der Waals surface area contributed by atoms with E-state index in [-0.39, 0.29) is 16.7 Å². The van der Waals surface area contributed by atoms with Gasteiger partial charge in [-0.25, -0.2) is 9.37 Å². The molecule has 8 nitrogen and oxygen atoms in total. The van der Waals surface area contributed by atoms with Crippen molar-refractivity contribution in [2.75, 3.05) is 31.1 Å². The number of tetrazole rings is 1. The maximum Gasteiger partial charge on any atom is 0.419 e. The lowest BCUT2D eigenvalue weighted by molar-refractivity contribution is -0.139. The lowest BCUT2D eigenvalue weighted by atomic mass is 9.84. The van der Waals surface area contributed by atoms with E-state index in [1.165, 1.54) is 0 Å². The van der Waals surface area contributed by atoms with Gasteiger partial charge in [-0.2, -0.15) is 17.7 Å². The molecule has 0 aliphatic carbocycles. The summed E-state index contributed by atoms with van der Waals surface area (Å²) in [4.78, 5) is 8.06. The molecule has 0 saturated carbocycles. The minimum absolute atomic E-state index is 0.0215. The predicted octanol–water partition coefficient (Wildman–Crippen LogP) is 1.06. The first kappa shape index (κ1) is 17.9. The summed E-state index contributed by atoms with van der Waals surface area (Å²) >= 11 is 0. The number of rotatable bonds is 2. The van der Waals surface area contributed by atoms with E-state index in [0.717, 1.165) is 10.6 Å². The minimum Gasteiger partial charge on any atom is -0.437 e.